The van der Waals surface area contributed by atoms with Crippen LogP contribution < -0.4 is 0 Å². The van der Waals surface area contributed by atoms with Crippen LogP contribution in [0, 0.1) is 12.7 Å². The Hall–Kier alpha value is -0.630. The number of aryl methyl sites for hydroxylation is 1. The molecule has 0 bridgehead atoms. The van der Waals surface area contributed by atoms with E-state index in [2.05, 4.69) is 15.9 Å². The smallest absolute Gasteiger partial charge is 0.123 e. The average molecular weight is 229 g/mol. The molecular weight excluding hydrogens is 219 g/mol. The molecule has 0 aromatic heterocycles. The molecule has 1 aromatic carbocycles. The van der Waals surface area contributed by atoms with Crippen molar-refractivity contribution < 1.29 is 4.39 Å². The van der Waals surface area contributed by atoms with Crippen molar-refractivity contribution in [3.63, 3.8) is 0 Å². The third-order valence-corrected chi connectivity index (χ3v) is 2.00. The van der Waals surface area contributed by atoms with Crippen LogP contribution in [0.2, 0.25) is 0 Å². The molecule has 12 heavy (non-hydrogen) atoms. The van der Waals surface area contributed by atoms with Gasteiger partial charge in [0.25, 0.3) is 0 Å². The van der Waals surface area contributed by atoms with Crippen LogP contribution in [0.25, 0.3) is 6.08 Å². The Bertz CT molecular complexity index is 292. The van der Waals surface area contributed by atoms with Gasteiger partial charge in [-0.2, -0.15) is 0 Å². The Kier molecular flexibility index (Phi) is 3.48. The highest BCUT2D eigenvalue weighted by Gasteiger charge is 1.95. The van der Waals surface area contributed by atoms with Gasteiger partial charge >= 0.3 is 0 Å². The standard InChI is InChI=1S/C10H10BrF/c1-8-4-5-10(12)7-9(8)3-2-6-11/h2-5,7H,6H2,1H3/b3-2+. The van der Waals surface area contributed by atoms with E-state index in [0.717, 1.165) is 16.5 Å². The normalized spacial score (nSPS) is 10.9. The molecule has 1 rings (SSSR count). The van der Waals surface area contributed by atoms with E-state index in [1.165, 1.54) is 12.1 Å². The van der Waals surface area contributed by atoms with Crippen molar-refractivity contribution in [2.75, 3.05) is 5.33 Å². The molecule has 0 aliphatic heterocycles. The third kappa shape index (κ3) is 2.45. The summed E-state index contributed by atoms with van der Waals surface area (Å²) < 4.78 is 12.7. The van der Waals surface area contributed by atoms with E-state index < -0.39 is 0 Å². The minimum atomic E-state index is -0.185. The Morgan fingerprint density at radius 3 is 2.92 bits per heavy atom. The second-order valence-corrected chi connectivity index (χ2v) is 3.21. The number of hydrogen-bond donors (Lipinski definition) is 0. The monoisotopic (exact) mass is 228 g/mol. The molecule has 0 spiro atoms. The van der Waals surface area contributed by atoms with Gasteiger partial charge in [-0.25, -0.2) is 4.39 Å². The maximum Gasteiger partial charge on any atom is 0.123 e. The van der Waals surface area contributed by atoms with Crippen LogP contribution in [0.3, 0.4) is 0 Å². The zero-order valence-corrected chi connectivity index (χ0v) is 8.44. The van der Waals surface area contributed by atoms with Gasteiger partial charge in [0, 0.05) is 5.33 Å². The average Bonchev–Trinajstić information content (AvgIpc) is 2.07. The molecule has 0 unspecified atom stereocenters. The molecule has 0 aliphatic carbocycles. The van der Waals surface area contributed by atoms with Crippen LogP contribution in [0.5, 0.6) is 0 Å². The van der Waals surface area contributed by atoms with Gasteiger partial charge in [-0.15, -0.1) is 0 Å². The van der Waals surface area contributed by atoms with Crippen LogP contribution in [-0.4, -0.2) is 5.33 Å². The van der Waals surface area contributed by atoms with E-state index in [4.69, 9.17) is 0 Å². The highest BCUT2D eigenvalue weighted by Crippen LogP contribution is 2.11. The first-order valence-corrected chi connectivity index (χ1v) is 4.85. The summed E-state index contributed by atoms with van der Waals surface area (Å²) in [6.07, 6.45) is 3.86. The van der Waals surface area contributed by atoms with E-state index in [9.17, 15) is 4.39 Å². The summed E-state index contributed by atoms with van der Waals surface area (Å²) in [7, 11) is 0. The topological polar surface area (TPSA) is 0 Å². The molecule has 0 atom stereocenters. The number of benzene rings is 1. The van der Waals surface area contributed by atoms with E-state index in [1.54, 1.807) is 6.07 Å². The number of alkyl halides is 1. The van der Waals surface area contributed by atoms with Crippen molar-refractivity contribution in [2.24, 2.45) is 0 Å². The largest absolute Gasteiger partial charge is 0.207 e. The highest BCUT2D eigenvalue weighted by molar-refractivity contribution is 9.09. The van der Waals surface area contributed by atoms with Crippen molar-refractivity contribution in [3.05, 3.63) is 41.2 Å². The highest BCUT2D eigenvalue weighted by atomic mass is 79.9. The van der Waals surface area contributed by atoms with Crippen LogP contribution >= 0.6 is 15.9 Å². The van der Waals surface area contributed by atoms with Gasteiger partial charge in [-0.1, -0.05) is 34.1 Å². The fourth-order valence-corrected chi connectivity index (χ4v) is 1.15. The van der Waals surface area contributed by atoms with E-state index >= 15 is 0 Å². The first-order chi connectivity index (χ1) is 5.74. The Morgan fingerprint density at radius 1 is 1.50 bits per heavy atom. The maximum atomic E-state index is 12.7. The molecule has 0 N–H and O–H groups in total. The van der Waals surface area contributed by atoms with Gasteiger partial charge in [-0.3, -0.25) is 0 Å². The lowest BCUT2D eigenvalue weighted by Crippen LogP contribution is -1.82. The summed E-state index contributed by atoms with van der Waals surface area (Å²) in [6.45, 7) is 1.97. The van der Waals surface area contributed by atoms with Gasteiger partial charge in [0.2, 0.25) is 0 Å². The van der Waals surface area contributed by atoms with E-state index in [0.29, 0.717) is 0 Å². The molecule has 64 valence electrons. The zero-order valence-electron chi connectivity index (χ0n) is 6.85. The molecule has 0 saturated carbocycles. The molecule has 0 fully saturated rings. The molecule has 0 aliphatic rings. The summed E-state index contributed by atoms with van der Waals surface area (Å²) in [4.78, 5) is 0. The second kappa shape index (κ2) is 4.41. The van der Waals surface area contributed by atoms with Crippen molar-refractivity contribution in [1.82, 2.24) is 0 Å². The van der Waals surface area contributed by atoms with Crippen LogP contribution in [-0.2, 0) is 0 Å². The van der Waals surface area contributed by atoms with E-state index in [1.807, 2.05) is 19.1 Å². The quantitative estimate of drug-likeness (QED) is 0.680. The lowest BCUT2D eigenvalue weighted by atomic mass is 10.1. The number of allylic oxidation sites excluding steroid dienone is 1. The van der Waals surface area contributed by atoms with Crippen molar-refractivity contribution in [3.8, 4) is 0 Å². The van der Waals surface area contributed by atoms with Crippen LogP contribution in [0.4, 0.5) is 4.39 Å². The SMILES string of the molecule is Cc1ccc(F)cc1/C=C/CBr. The summed E-state index contributed by atoms with van der Waals surface area (Å²) in [5.74, 6) is -0.185. The minimum Gasteiger partial charge on any atom is -0.207 e. The first kappa shape index (κ1) is 9.46. The fourth-order valence-electron chi connectivity index (χ4n) is 0.962. The molecule has 0 amide bonds. The van der Waals surface area contributed by atoms with Crippen molar-refractivity contribution in [1.29, 1.82) is 0 Å². The zero-order chi connectivity index (χ0) is 8.97. The Labute approximate surface area is 80.2 Å². The van der Waals surface area contributed by atoms with Gasteiger partial charge in [0.05, 0.1) is 0 Å². The van der Waals surface area contributed by atoms with Gasteiger partial charge in [-0.05, 0) is 30.2 Å². The molecule has 0 radical (unpaired) electrons. The van der Waals surface area contributed by atoms with Crippen molar-refractivity contribution >= 4 is 22.0 Å². The predicted molar refractivity (Wildman–Crippen MR) is 54.0 cm³/mol. The summed E-state index contributed by atoms with van der Waals surface area (Å²) in [6, 6.07) is 4.79. The van der Waals surface area contributed by atoms with Crippen molar-refractivity contribution in [2.45, 2.75) is 6.92 Å². The van der Waals surface area contributed by atoms with Crippen LogP contribution in [0.15, 0.2) is 24.3 Å². The van der Waals surface area contributed by atoms with Gasteiger partial charge in [0.15, 0.2) is 0 Å². The van der Waals surface area contributed by atoms with Gasteiger partial charge in [0.1, 0.15) is 5.82 Å². The minimum absolute atomic E-state index is 0.185. The summed E-state index contributed by atoms with van der Waals surface area (Å²) in [5.41, 5.74) is 2.03. The molecule has 2 heteroatoms. The Balaban J connectivity index is 2.97. The second-order valence-electron chi connectivity index (χ2n) is 2.56. The molecule has 0 saturated heterocycles. The predicted octanol–water partition coefficient (Wildman–Crippen LogP) is 3.54. The van der Waals surface area contributed by atoms with E-state index in [-0.39, 0.29) is 5.82 Å². The fraction of sp³-hybridized carbons (Fsp3) is 0.200. The lowest BCUT2D eigenvalue weighted by molar-refractivity contribution is 0.627. The van der Waals surface area contributed by atoms with Crippen LogP contribution in [0.1, 0.15) is 11.1 Å². The number of halogens is 2. The summed E-state index contributed by atoms with van der Waals surface area (Å²) in [5, 5.41) is 0.795. The summed E-state index contributed by atoms with van der Waals surface area (Å²) >= 11 is 3.27. The molecule has 0 heterocycles. The molecular formula is C10H10BrF. The molecule has 0 nitrogen and oxygen atoms in total. The number of hydrogen-bond acceptors (Lipinski definition) is 0. The maximum absolute atomic E-state index is 12.7. The first-order valence-electron chi connectivity index (χ1n) is 3.72. The lowest BCUT2D eigenvalue weighted by Gasteiger charge is -1.98. The number of rotatable bonds is 2. The third-order valence-electron chi connectivity index (χ3n) is 1.63. The Morgan fingerprint density at radius 2 is 2.25 bits per heavy atom. The molecule has 1 aromatic rings. The van der Waals surface area contributed by atoms with Gasteiger partial charge < -0.3 is 0 Å².